The molecular weight excluding hydrogens is 332 g/mol. The summed E-state index contributed by atoms with van der Waals surface area (Å²) in [5.74, 6) is 0.421. The number of fused-ring (bicyclic) bond motifs is 5. The first-order valence-electron chi connectivity index (χ1n) is 9.01. The van der Waals surface area contributed by atoms with Crippen LogP contribution in [-0.4, -0.2) is 36.3 Å². The number of nitrogens with one attached hydrogen (secondary N) is 1. The van der Waals surface area contributed by atoms with Crippen LogP contribution in [0.15, 0.2) is 36.4 Å². The molecule has 6 nitrogen and oxygen atoms in total. The van der Waals surface area contributed by atoms with Crippen LogP contribution in [0, 0.1) is 23.7 Å². The predicted molar refractivity (Wildman–Crippen MR) is 93.9 cm³/mol. The second kappa shape index (κ2) is 6.59. The minimum absolute atomic E-state index is 0.0974. The Morgan fingerprint density at radius 3 is 2.31 bits per heavy atom. The zero-order chi connectivity index (χ0) is 18.3. The maximum atomic E-state index is 12.6. The van der Waals surface area contributed by atoms with Gasteiger partial charge in [0.25, 0.3) is 0 Å². The summed E-state index contributed by atoms with van der Waals surface area (Å²) in [7, 11) is 1.60. The SMILES string of the molecule is COc1ccc(CNC(=O)CCN2C(=O)C3C4C=CC(C4)C3C2=O)cc1. The number of rotatable bonds is 6. The minimum Gasteiger partial charge on any atom is -0.497 e. The molecule has 4 atom stereocenters. The standard InChI is InChI=1S/C20H22N2O4/c1-26-15-6-2-12(3-7-15)11-21-16(23)8-9-22-19(24)17-13-4-5-14(10-13)18(17)20(22)25/h2-7,13-14,17-18H,8-11H2,1H3,(H,21,23). The summed E-state index contributed by atoms with van der Waals surface area (Å²) < 4.78 is 5.10. The molecule has 1 heterocycles. The van der Waals surface area contributed by atoms with Gasteiger partial charge in [-0.15, -0.1) is 0 Å². The normalized spacial score (nSPS) is 28.6. The highest BCUT2D eigenvalue weighted by atomic mass is 16.5. The van der Waals surface area contributed by atoms with Gasteiger partial charge in [-0.25, -0.2) is 0 Å². The van der Waals surface area contributed by atoms with Crippen molar-refractivity contribution in [2.45, 2.75) is 19.4 Å². The number of amides is 3. The first-order chi connectivity index (χ1) is 12.6. The van der Waals surface area contributed by atoms with Crippen LogP contribution < -0.4 is 10.1 Å². The van der Waals surface area contributed by atoms with Crippen LogP contribution in [-0.2, 0) is 20.9 Å². The highest BCUT2D eigenvalue weighted by Crippen LogP contribution is 2.52. The van der Waals surface area contributed by atoms with Crippen LogP contribution in [0.5, 0.6) is 5.75 Å². The smallest absolute Gasteiger partial charge is 0.233 e. The van der Waals surface area contributed by atoms with E-state index in [-0.39, 0.29) is 54.4 Å². The van der Waals surface area contributed by atoms with Crippen molar-refractivity contribution in [3.05, 3.63) is 42.0 Å². The van der Waals surface area contributed by atoms with E-state index in [1.54, 1.807) is 7.11 Å². The van der Waals surface area contributed by atoms with Crippen molar-refractivity contribution in [2.24, 2.45) is 23.7 Å². The van der Waals surface area contributed by atoms with E-state index in [4.69, 9.17) is 4.74 Å². The van der Waals surface area contributed by atoms with Gasteiger partial charge in [-0.3, -0.25) is 19.3 Å². The molecule has 2 bridgehead atoms. The van der Waals surface area contributed by atoms with Crippen LogP contribution in [0.3, 0.4) is 0 Å². The molecule has 1 N–H and O–H groups in total. The van der Waals surface area contributed by atoms with Crippen molar-refractivity contribution in [1.29, 1.82) is 0 Å². The van der Waals surface area contributed by atoms with Gasteiger partial charge in [0, 0.05) is 19.5 Å². The number of likely N-dealkylation sites (tertiary alicyclic amines) is 1. The molecule has 1 aromatic rings. The summed E-state index contributed by atoms with van der Waals surface area (Å²) in [6, 6.07) is 7.45. The molecule has 136 valence electrons. The third kappa shape index (κ3) is 2.79. The molecule has 0 radical (unpaired) electrons. The summed E-state index contributed by atoms with van der Waals surface area (Å²) >= 11 is 0. The minimum atomic E-state index is -0.195. The number of methoxy groups -OCH3 is 1. The molecule has 6 heteroatoms. The molecule has 1 saturated heterocycles. The predicted octanol–water partition coefficient (Wildman–Crippen LogP) is 1.51. The van der Waals surface area contributed by atoms with Gasteiger partial charge in [0.05, 0.1) is 18.9 Å². The lowest BCUT2D eigenvalue weighted by Crippen LogP contribution is -2.36. The third-order valence-electron chi connectivity index (χ3n) is 5.77. The Balaban J connectivity index is 1.28. The summed E-state index contributed by atoms with van der Waals surface area (Å²) in [5.41, 5.74) is 0.963. The largest absolute Gasteiger partial charge is 0.497 e. The zero-order valence-electron chi connectivity index (χ0n) is 14.7. The van der Waals surface area contributed by atoms with Gasteiger partial charge in [-0.05, 0) is 36.0 Å². The maximum Gasteiger partial charge on any atom is 0.233 e. The van der Waals surface area contributed by atoms with E-state index in [0.717, 1.165) is 17.7 Å². The monoisotopic (exact) mass is 354 g/mol. The number of nitrogens with zero attached hydrogens (tertiary/aromatic N) is 1. The quantitative estimate of drug-likeness (QED) is 0.621. The molecule has 4 rings (SSSR count). The van der Waals surface area contributed by atoms with Crippen molar-refractivity contribution in [3.63, 3.8) is 0 Å². The number of imide groups is 1. The lowest BCUT2D eigenvalue weighted by atomic mass is 9.85. The Hall–Kier alpha value is -2.63. The van der Waals surface area contributed by atoms with Crippen LogP contribution >= 0.6 is 0 Å². The molecule has 3 amide bonds. The van der Waals surface area contributed by atoms with Crippen LogP contribution in [0.2, 0.25) is 0 Å². The molecule has 4 unspecified atom stereocenters. The summed E-state index contributed by atoms with van der Waals surface area (Å²) in [4.78, 5) is 38.5. The van der Waals surface area contributed by atoms with Crippen LogP contribution in [0.25, 0.3) is 0 Å². The Kier molecular flexibility index (Phi) is 4.26. The second-order valence-corrected chi connectivity index (χ2v) is 7.20. The highest BCUT2D eigenvalue weighted by Gasteiger charge is 2.58. The van der Waals surface area contributed by atoms with Gasteiger partial charge >= 0.3 is 0 Å². The van der Waals surface area contributed by atoms with Gasteiger partial charge in [0.15, 0.2) is 0 Å². The van der Waals surface area contributed by atoms with Crippen LogP contribution in [0.4, 0.5) is 0 Å². The van der Waals surface area contributed by atoms with E-state index >= 15 is 0 Å². The number of allylic oxidation sites excluding steroid dienone is 2. The Bertz CT molecular complexity index is 741. The van der Waals surface area contributed by atoms with E-state index < -0.39 is 0 Å². The maximum absolute atomic E-state index is 12.6. The first kappa shape index (κ1) is 16.8. The molecule has 0 spiro atoms. The van der Waals surface area contributed by atoms with Crippen LogP contribution in [0.1, 0.15) is 18.4 Å². The number of carbonyl (C=O) groups is 3. The fourth-order valence-corrected chi connectivity index (χ4v) is 4.43. The van der Waals surface area contributed by atoms with Gasteiger partial charge in [0.1, 0.15) is 5.75 Å². The molecule has 26 heavy (non-hydrogen) atoms. The highest BCUT2D eigenvalue weighted by molar-refractivity contribution is 6.06. The number of hydrogen-bond donors (Lipinski definition) is 1. The fourth-order valence-electron chi connectivity index (χ4n) is 4.43. The van der Waals surface area contributed by atoms with Crippen molar-refractivity contribution in [2.75, 3.05) is 13.7 Å². The molecule has 2 aliphatic carbocycles. The van der Waals surface area contributed by atoms with Crippen molar-refractivity contribution in [1.82, 2.24) is 10.2 Å². The number of ether oxygens (including phenoxy) is 1. The number of benzene rings is 1. The molecule has 1 saturated carbocycles. The van der Waals surface area contributed by atoms with Gasteiger partial charge in [-0.2, -0.15) is 0 Å². The molecule has 0 aromatic heterocycles. The lowest BCUT2D eigenvalue weighted by Gasteiger charge is -2.17. The summed E-state index contributed by atoms with van der Waals surface area (Å²) in [6.07, 6.45) is 5.20. The van der Waals surface area contributed by atoms with E-state index in [9.17, 15) is 14.4 Å². The summed E-state index contributed by atoms with van der Waals surface area (Å²) in [6.45, 7) is 0.572. The van der Waals surface area contributed by atoms with Gasteiger partial charge < -0.3 is 10.1 Å². The van der Waals surface area contributed by atoms with E-state index in [1.807, 2.05) is 24.3 Å². The number of carbonyl (C=O) groups excluding carboxylic acids is 3. The van der Waals surface area contributed by atoms with Crippen molar-refractivity contribution >= 4 is 17.7 Å². The Labute approximate surface area is 152 Å². The van der Waals surface area contributed by atoms with Gasteiger partial charge in [-0.1, -0.05) is 24.3 Å². The number of hydrogen-bond acceptors (Lipinski definition) is 4. The third-order valence-corrected chi connectivity index (χ3v) is 5.77. The fraction of sp³-hybridized carbons (Fsp3) is 0.450. The average Bonchev–Trinajstić information content (AvgIpc) is 3.33. The topological polar surface area (TPSA) is 75.7 Å². The van der Waals surface area contributed by atoms with Crippen molar-refractivity contribution < 1.29 is 19.1 Å². The Morgan fingerprint density at radius 2 is 1.73 bits per heavy atom. The van der Waals surface area contributed by atoms with Crippen molar-refractivity contribution in [3.8, 4) is 5.75 Å². The molecule has 2 fully saturated rings. The Morgan fingerprint density at radius 1 is 1.12 bits per heavy atom. The molecule has 3 aliphatic rings. The van der Waals surface area contributed by atoms with E-state index in [1.165, 1.54) is 4.90 Å². The van der Waals surface area contributed by atoms with E-state index in [0.29, 0.717) is 6.54 Å². The van der Waals surface area contributed by atoms with Gasteiger partial charge in [0.2, 0.25) is 17.7 Å². The first-order valence-corrected chi connectivity index (χ1v) is 9.01. The lowest BCUT2D eigenvalue weighted by molar-refractivity contribution is -0.141. The zero-order valence-corrected chi connectivity index (χ0v) is 14.7. The van der Waals surface area contributed by atoms with E-state index in [2.05, 4.69) is 17.5 Å². The average molecular weight is 354 g/mol. The molecule has 1 aliphatic heterocycles. The molecular formula is C20H22N2O4. The molecule has 1 aromatic carbocycles. The second-order valence-electron chi connectivity index (χ2n) is 7.20. The summed E-state index contributed by atoms with van der Waals surface area (Å²) in [5, 5.41) is 2.83.